The van der Waals surface area contributed by atoms with E-state index in [0.29, 0.717) is 10.7 Å². The van der Waals surface area contributed by atoms with Crippen molar-refractivity contribution in [2.45, 2.75) is 25.7 Å². The minimum absolute atomic E-state index is 0.311. The number of para-hydroxylation sites is 1. The highest BCUT2D eigenvalue weighted by Gasteiger charge is 2.21. The second kappa shape index (κ2) is 4.52. The van der Waals surface area contributed by atoms with Crippen LogP contribution in [0.2, 0.25) is 0 Å². The van der Waals surface area contributed by atoms with Crippen LogP contribution in [0.3, 0.4) is 0 Å². The highest BCUT2D eigenvalue weighted by Crippen LogP contribution is 2.35. The number of benzene rings is 1. The third kappa shape index (κ3) is 1.78. The molecule has 5 heteroatoms. The smallest absolute Gasteiger partial charge is 0.284 e. The van der Waals surface area contributed by atoms with Gasteiger partial charge in [-0.2, -0.15) is 0 Å². The molecule has 0 saturated carbocycles. The molecule has 1 N–H and O–H groups in total. The van der Waals surface area contributed by atoms with Gasteiger partial charge >= 0.3 is 0 Å². The Morgan fingerprint density at radius 1 is 1.15 bits per heavy atom. The van der Waals surface area contributed by atoms with E-state index in [1.165, 1.54) is 24.1 Å². The number of aromatic nitrogens is 3. The summed E-state index contributed by atoms with van der Waals surface area (Å²) < 4.78 is 5.56. The average Bonchev–Trinajstić information content (AvgIpc) is 2.91. The summed E-state index contributed by atoms with van der Waals surface area (Å²) in [5.41, 5.74) is 4.49. The van der Waals surface area contributed by atoms with Crippen molar-refractivity contribution in [3.8, 4) is 11.5 Å². The molecule has 0 amide bonds. The number of nitrogens with one attached hydrogen (secondary N) is 1. The maximum atomic E-state index is 5.56. The molecule has 3 aromatic rings. The number of hydrogen-bond acceptors (Lipinski definition) is 4. The lowest BCUT2D eigenvalue weighted by Crippen LogP contribution is -2.08. The topological polar surface area (TPSA) is 54.7 Å². The maximum Gasteiger partial charge on any atom is 0.284 e. The van der Waals surface area contributed by atoms with E-state index >= 15 is 0 Å². The Hall–Kier alpha value is -2.01. The van der Waals surface area contributed by atoms with Crippen molar-refractivity contribution >= 4 is 23.1 Å². The summed E-state index contributed by atoms with van der Waals surface area (Å²) in [6.07, 6.45) is 4.43. The van der Waals surface area contributed by atoms with E-state index in [0.717, 1.165) is 29.3 Å². The molecule has 0 spiro atoms. The Bertz CT molecular complexity index is 850. The van der Waals surface area contributed by atoms with Crippen molar-refractivity contribution in [2.24, 2.45) is 0 Å². The highest BCUT2D eigenvalue weighted by atomic mass is 32.1. The number of aryl methyl sites for hydroxylation is 1. The molecule has 0 fully saturated rings. The molecule has 2 heterocycles. The van der Waals surface area contributed by atoms with Gasteiger partial charge < -0.3 is 4.42 Å². The van der Waals surface area contributed by atoms with E-state index < -0.39 is 0 Å². The van der Waals surface area contributed by atoms with E-state index in [1.54, 1.807) is 0 Å². The van der Waals surface area contributed by atoms with Crippen molar-refractivity contribution in [1.29, 1.82) is 0 Å². The summed E-state index contributed by atoms with van der Waals surface area (Å²) in [6.45, 7) is 0. The number of hydrogen-bond donors (Lipinski definition) is 1. The largest absolute Gasteiger partial charge is 0.409 e. The third-order valence-corrected chi connectivity index (χ3v) is 4.00. The SMILES string of the molecule is S=c1[nH]nc(-c2c3c(nc4ccccc24)CCCC3)o1. The molecule has 0 atom stereocenters. The predicted octanol–water partition coefficient (Wildman–Crippen LogP) is 3.83. The van der Waals surface area contributed by atoms with Crippen LogP contribution in [0.1, 0.15) is 24.1 Å². The van der Waals surface area contributed by atoms with Gasteiger partial charge in [0.2, 0.25) is 5.89 Å². The zero-order chi connectivity index (χ0) is 13.5. The number of pyridine rings is 1. The summed E-state index contributed by atoms with van der Waals surface area (Å²) in [5, 5.41) is 8.02. The minimum atomic E-state index is 0.311. The van der Waals surface area contributed by atoms with Crippen LogP contribution in [0.25, 0.3) is 22.4 Å². The van der Waals surface area contributed by atoms with Gasteiger partial charge in [-0.15, -0.1) is 5.10 Å². The number of fused-ring (bicyclic) bond motifs is 2. The summed E-state index contributed by atoms with van der Waals surface area (Å²) >= 11 is 5.01. The molecule has 20 heavy (non-hydrogen) atoms. The van der Waals surface area contributed by atoms with Gasteiger partial charge in [-0.1, -0.05) is 18.2 Å². The first-order valence-corrected chi connectivity index (χ1v) is 7.20. The maximum absolute atomic E-state index is 5.56. The molecule has 1 aliphatic rings. The van der Waals surface area contributed by atoms with Crippen molar-refractivity contribution in [3.05, 3.63) is 40.4 Å². The van der Waals surface area contributed by atoms with Crippen LogP contribution in [0.4, 0.5) is 0 Å². The molecule has 0 aliphatic heterocycles. The minimum Gasteiger partial charge on any atom is -0.409 e. The zero-order valence-electron chi connectivity index (χ0n) is 10.8. The van der Waals surface area contributed by atoms with Gasteiger partial charge in [0.05, 0.1) is 11.1 Å². The molecule has 0 radical (unpaired) electrons. The lowest BCUT2D eigenvalue weighted by atomic mass is 9.90. The first-order chi connectivity index (χ1) is 9.83. The lowest BCUT2D eigenvalue weighted by molar-refractivity contribution is 0.550. The van der Waals surface area contributed by atoms with Crippen molar-refractivity contribution in [3.63, 3.8) is 0 Å². The van der Waals surface area contributed by atoms with E-state index in [4.69, 9.17) is 21.6 Å². The molecule has 1 aromatic carbocycles. The molecule has 100 valence electrons. The van der Waals surface area contributed by atoms with Crippen molar-refractivity contribution in [2.75, 3.05) is 0 Å². The fourth-order valence-corrected chi connectivity index (χ4v) is 3.08. The molecular weight excluding hydrogens is 270 g/mol. The molecular formula is C15H13N3OS. The Morgan fingerprint density at radius 3 is 2.85 bits per heavy atom. The summed E-state index contributed by atoms with van der Waals surface area (Å²) in [6, 6.07) is 8.13. The monoisotopic (exact) mass is 283 g/mol. The average molecular weight is 283 g/mol. The van der Waals surface area contributed by atoms with Gasteiger partial charge in [0.1, 0.15) is 0 Å². The summed E-state index contributed by atoms with van der Waals surface area (Å²) in [4.78, 5) is 5.11. The summed E-state index contributed by atoms with van der Waals surface area (Å²) in [5.74, 6) is 0.576. The number of nitrogens with zero attached hydrogens (tertiary/aromatic N) is 2. The number of aromatic amines is 1. The normalized spacial score (nSPS) is 14.4. The molecule has 1 aliphatic carbocycles. The fourth-order valence-electron chi connectivity index (χ4n) is 2.95. The third-order valence-electron chi connectivity index (χ3n) is 3.82. The molecule has 4 rings (SSSR count). The Balaban J connectivity index is 2.12. The van der Waals surface area contributed by atoms with Crippen LogP contribution >= 0.6 is 12.2 Å². The predicted molar refractivity (Wildman–Crippen MR) is 79.1 cm³/mol. The van der Waals surface area contributed by atoms with Gasteiger partial charge in [0, 0.05) is 11.1 Å². The van der Waals surface area contributed by atoms with E-state index in [1.807, 2.05) is 18.2 Å². The van der Waals surface area contributed by atoms with Crippen LogP contribution < -0.4 is 0 Å². The summed E-state index contributed by atoms with van der Waals surface area (Å²) in [7, 11) is 0. The van der Waals surface area contributed by atoms with E-state index in [9.17, 15) is 0 Å². The van der Waals surface area contributed by atoms with Crippen LogP contribution in [0.15, 0.2) is 28.7 Å². The van der Waals surface area contributed by atoms with Crippen LogP contribution in [0, 0.1) is 4.84 Å². The molecule has 0 bridgehead atoms. The van der Waals surface area contributed by atoms with Gasteiger partial charge in [0.15, 0.2) is 0 Å². The Labute approximate surface area is 120 Å². The van der Waals surface area contributed by atoms with Crippen molar-refractivity contribution in [1.82, 2.24) is 15.2 Å². The molecule has 0 saturated heterocycles. The van der Waals surface area contributed by atoms with Gasteiger partial charge in [0.25, 0.3) is 4.84 Å². The van der Waals surface area contributed by atoms with Gasteiger partial charge in [-0.3, -0.25) is 4.98 Å². The van der Waals surface area contributed by atoms with Gasteiger partial charge in [-0.05, 0) is 49.5 Å². The standard InChI is InChI=1S/C15H13N3OS/c20-15-18-17-14(19-15)13-9-5-1-3-7-11(9)16-12-8-4-2-6-10(12)13/h1,3,5,7H,2,4,6,8H2,(H,18,20). The fraction of sp³-hybridized carbons (Fsp3) is 0.267. The second-order valence-corrected chi connectivity index (χ2v) is 5.43. The lowest BCUT2D eigenvalue weighted by Gasteiger charge is -2.18. The first kappa shape index (κ1) is 11.8. The van der Waals surface area contributed by atoms with Crippen molar-refractivity contribution < 1.29 is 4.42 Å². The Kier molecular flexibility index (Phi) is 2.67. The number of H-pyrrole nitrogens is 1. The second-order valence-electron chi connectivity index (χ2n) is 5.05. The van der Waals surface area contributed by atoms with Gasteiger partial charge in [-0.25, -0.2) is 5.10 Å². The molecule has 2 aromatic heterocycles. The van der Waals surface area contributed by atoms with E-state index in [2.05, 4.69) is 16.3 Å². The molecule has 0 unspecified atom stereocenters. The quantitative estimate of drug-likeness (QED) is 0.690. The first-order valence-electron chi connectivity index (χ1n) is 6.79. The zero-order valence-corrected chi connectivity index (χ0v) is 11.7. The molecule has 4 nitrogen and oxygen atoms in total. The highest BCUT2D eigenvalue weighted by molar-refractivity contribution is 7.71. The number of rotatable bonds is 1. The Morgan fingerprint density at radius 2 is 2.00 bits per heavy atom. The van der Waals surface area contributed by atoms with Crippen LogP contribution in [0.5, 0.6) is 0 Å². The van der Waals surface area contributed by atoms with E-state index in [-0.39, 0.29) is 0 Å². The van der Waals surface area contributed by atoms with Crippen LogP contribution in [-0.2, 0) is 12.8 Å². The van der Waals surface area contributed by atoms with Crippen LogP contribution in [-0.4, -0.2) is 15.2 Å².